The third-order valence-electron chi connectivity index (χ3n) is 3.49. The summed E-state index contributed by atoms with van der Waals surface area (Å²) in [7, 11) is 0. The molecule has 116 valence electrons. The van der Waals surface area contributed by atoms with Gasteiger partial charge >= 0.3 is 0 Å². The van der Waals surface area contributed by atoms with E-state index in [9.17, 15) is 5.11 Å². The fourth-order valence-electron chi connectivity index (χ4n) is 2.45. The second-order valence-corrected chi connectivity index (χ2v) is 6.03. The van der Waals surface area contributed by atoms with E-state index >= 15 is 0 Å². The molecule has 1 saturated heterocycles. The molecule has 22 heavy (non-hydrogen) atoms. The maximum Gasteiger partial charge on any atom is 0.230 e. The summed E-state index contributed by atoms with van der Waals surface area (Å²) >= 11 is 12.2. The molecule has 2 heterocycles. The minimum Gasteiger partial charge on any atom is -0.391 e. The van der Waals surface area contributed by atoms with E-state index in [1.165, 1.54) is 0 Å². The average Bonchev–Trinajstić information content (AvgIpc) is 2.49. The lowest BCUT2D eigenvalue weighted by Crippen LogP contribution is -2.39. The smallest absolute Gasteiger partial charge is 0.230 e. The number of anilines is 2. The molecule has 1 aromatic carbocycles. The van der Waals surface area contributed by atoms with Crippen molar-refractivity contribution in [2.75, 3.05) is 23.7 Å². The molecule has 1 fully saturated rings. The highest BCUT2D eigenvalue weighted by Crippen LogP contribution is 2.29. The summed E-state index contributed by atoms with van der Waals surface area (Å²) in [5, 5.41) is 10.8. The Labute approximate surface area is 137 Å². The number of benzene rings is 1. The van der Waals surface area contributed by atoms with E-state index in [2.05, 4.69) is 15.0 Å². The summed E-state index contributed by atoms with van der Waals surface area (Å²) < 4.78 is 0. The van der Waals surface area contributed by atoms with Crippen LogP contribution in [0.1, 0.15) is 12.8 Å². The van der Waals surface area contributed by atoms with Crippen LogP contribution in [0.3, 0.4) is 0 Å². The lowest BCUT2D eigenvalue weighted by molar-refractivity contribution is 0.153. The third kappa shape index (κ3) is 3.24. The number of aliphatic hydroxyl groups excluding tert-OH is 1. The maximum absolute atomic E-state index is 9.79. The van der Waals surface area contributed by atoms with Crippen molar-refractivity contribution >= 4 is 35.1 Å². The van der Waals surface area contributed by atoms with Gasteiger partial charge in [-0.3, -0.25) is 0 Å². The van der Waals surface area contributed by atoms with Crippen molar-refractivity contribution in [3.8, 4) is 11.4 Å². The van der Waals surface area contributed by atoms with Gasteiger partial charge in [0.2, 0.25) is 11.9 Å². The van der Waals surface area contributed by atoms with Crippen LogP contribution in [0.5, 0.6) is 0 Å². The molecule has 6 nitrogen and oxygen atoms in total. The molecule has 0 spiro atoms. The van der Waals surface area contributed by atoms with Gasteiger partial charge in [0.05, 0.1) is 11.1 Å². The molecule has 3 rings (SSSR count). The van der Waals surface area contributed by atoms with Crippen LogP contribution < -0.4 is 10.6 Å². The second kappa shape index (κ2) is 6.24. The summed E-state index contributed by atoms with van der Waals surface area (Å²) in [6.45, 7) is 1.25. The minimum absolute atomic E-state index is 0.108. The molecule has 1 unspecified atom stereocenters. The minimum atomic E-state index is -0.384. The van der Waals surface area contributed by atoms with Gasteiger partial charge in [-0.1, -0.05) is 23.2 Å². The van der Waals surface area contributed by atoms with Crippen LogP contribution in [0.15, 0.2) is 18.2 Å². The Morgan fingerprint density at radius 2 is 2.05 bits per heavy atom. The topological polar surface area (TPSA) is 88.2 Å². The normalized spacial score (nSPS) is 18.5. The Hall–Kier alpha value is -1.63. The average molecular weight is 340 g/mol. The van der Waals surface area contributed by atoms with Crippen LogP contribution in [0, 0.1) is 0 Å². The van der Waals surface area contributed by atoms with Gasteiger partial charge in [0.1, 0.15) is 0 Å². The molecule has 0 radical (unpaired) electrons. The quantitative estimate of drug-likeness (QED) is 0.873. The molecule has 1 aromatic heterocycles. The van der Waals surface area contributed by atoms with Crippen molar-refractivity contribution in [3.05, 3.63) is 28.2 Å². The van der Waals surface area contributed by atoms with Crippen molar-refractivity contribution in [1.29, 1.82) is 0 Å². The Morgan fingerprint density at radius 3 is 2.82 bits per heavy atom. The molecule has 0 aliphatic carbocycles. The monoisotopic (exact) mass is 339 g/mol. The number of halogens is 2. The number of nitrogens with two attached hydrogens (primary N) is 1. The van der Waals surface area contributed by atoms with Crippen LogP contribution in [0.4, 0.5) is 11.9 Å². The van der Waals surface area contributed by atoms with Gasteiger partial charge in [-0.05, 0) is 31.0 Å². The van der Waals surface area contributed by atoms with Gasteiger partial charge < -0.3 is 15.7 Å². The molecule has 1 aliphatic heterocycles. The van der Waals surface area contributed by atoms with Crippen LogP contribution in [0.2, 0.25) is 10.0 Å². The van der Waals surface area contributed by atoms with Crippen molar-refractivity contribution < 1.29 is 5.11 Å². The molecule has 8 heteroatoms. The maximum atomic E-state index is 9.79. The highest BCUT2D eigenvalue weighted by molar-refractivity contribution is 6.35. The Kier molecular flexibility index (Phi) is 4.33. The lowest BCUT2D eigenvalue weighted by Gasteiger charge is -2.30. The van der Waals surface area contributed by atoms with Crippen LogP contribution in [-0.4, -0.2) is 39.3 Å². The first-order chi connectivity index (χ1) is 10.5. The molecule has 2 aromatic rings. The molecule has 1 atom stereocenters. The first kappa shape index (κ1) is 15.3. The SMILES string of the molecule is Nc1nc(-c2cc(Cl)ccc2Cl)nc(N2CCCC(O)C2)n1. The fraction of sp³-hybridized carbons (Fsp3) is 0.357. The number of rotatable bonds is 2. The number of β-amino-alcohol motifs (C(OH)–C–C–N with tert-alkyl or cyclic N) is 1. The number of nitrogens with zero attached hydrogens (tertiary/aromatic N) is 4. The molecule has 0 bridgehead atoms. The van der Waals surface area contributed by atoms with Gasteiger partial charge in [-0.15, -0.1) is 0 Å². The molecular weight excluding hydrogens is 325 g/mol. The first-order valence-electron chi connectivity index (χ1n) is 6.93. The van der Waals surface area contributed by atoms with E-state index in [0.29, 0.717) is 33.9 Å². The standard InChI is InChI=1S/C14H15Cl2N5O/c15-8-3-4-11(16)10(6-8)12-18-13(17)20-14(19-12)21-5-1-2-9(22)7-21/h3-4,6,9,22H,1-2,5,7H2,(H2,17,18,19,20). The predicted octanol–water partition coefficient (Wildman–Crippen LogP) is 2.39. The Morgan fingerprint density at radius 1 is 1.23 bits per heavy atom. The lowest BCUT2D eigenvalue weighted by atomic mass is 10.1. The van der Waals surface area contributed by atoms with Gasteiger partial charge in [0, 0.05) is 23.7 Å². The van der Waals surface area contributed by atoms with E-state index in [-0.39, 0.29) is 12.1 Å². The van der Waals surface area contributed by atoms with Crippen molar-refractivity contribution in [1.82, 2.24) is 15.0 Å². The fourth-order valence-corrected chi connectivity index (χ4v) is 2.82. The number of aliphatic hydroxyl groups is 1. The van der Waals surface area contributed by atoms with Crippen molar-refractivity contribution in [2.45, 2.75) is 18.9 Å². The number of piperidine rings is 1. The largest absolute Gasteiger partial charge is 0.391 e. The van der Waals surface area contributed by atoms with Crippen molar-refractivity contribution in [2.24, 2.45) is 0 Å². The highest BCUT2D eigenvalue weighted by Gasteiger charge is 2.21. The molecule has 0 amide bonds. The van der Waals surface area contributed by atoms with E-state index in [1.54, 1.807) is 18.2 Å². The van der Waals surface area contributed by atoms with Crippen molar-refractivity contribution in [3.63, 3.8) is 0 Å². The molecule has 3 N–H and O–H groups in total. The summed E-state index contributed by atoms with van der Waals surface area (Å²) in [5.41, 5.74) is 6.40. The summed E-state index contributed by atoms with van der Waals surface area (Å²) in [4.78, 5) is 14.6. The summed E-state index contributed by atoms with van der Waals surface area (Å²) in [6, 6.07) is 5.07. The van der Waals surface area contributed by atoms with Gasteiger partial charge in [0.15, 0.2) is 5.82 Å². The number of hydrogen-bond acceptors (Lipinski definition) is 6. The van der Waals surface area contributed by atoms with Gasteiger partial charge in [-0.25, -0.2) is 0 Å². The van der Waals surface area contributed by atoms with Gasteiger partial charge in [0.25, 0.3) is 0 Å². The third-order valence-corrected chi connectivity index (χ3v) is 4.05. The van der Waals surface area contributed by atoms with E-state index in [0.717, 1.165) is 19.4 Å². The summed E-state index contributed by atoms with van der Waals surface area (Å²) in [6.07, 6.45) is 1.27. The van der Waals surface area contributed by atoms with E-state index < -0.39 is 0 Å². The zero-order valence-electron chi connectivity index (χ0n) is 11.7. The summed E-state index contributed by atoms with van der Waals surface area (Å²) in [5.74, 6) is 0.920. The van der Waals surface area contributed by atoms with Gasteiger partial charge in [-0.2, -0.15) is 15.0 Å². The zero-order chi connectivity index (χ0) is 15.7. The van der Waals surface area contributed by atoms with Crippen LogP contribution in [0.25, 0.3) is 11.4 Å². The number of nitrogen functional groups attached to an aromatic ring is 1. The number of hydrogen-bond donors (Lipinski definition) is 2. The second-order valence-electron chi connectivity index (χ2n) is 5.18. The van der Waals surface area contributed by atoms with Crippen LogP contribution >= 0.6 is 23.2 Å². The predicted molar refractivity (Wildman–Crippen MR) is 87.1 cm³/mol. The molecule has 1 aliphatic rings. The number of aromatic nitrogens is 3. The molecular formula is C14H15Cl2N5O. The van der Waals surface area contributed by atoms with E-state index in [4.69, 9.17) is 28.9 Å². The van der Waals surface area contributed by atoms with Crippen LogP contribution in [-0.2, 0) is 0 Å². The Bertz CT molecular complexity index is 697. The highest BCUT2D eigenvalue weighted by atomic mass is 35.5. The first-order valence-corrected chi connectivity index (χ1v) is 7.68. The molecule has 0 saturated carbocycles. The zero-order valence-corrected chi connectivity index (χ0v) is 13.2. The Balaban J connectivity index is 2.01. The van der Waals surface area contributed by atoms with E-state index in [1.807, 2.05) is 4.90 Å².